The van der Waals surface area contributed by atoms with Crippen LogP contribution in [0.1, 0.15) is 24.6 Å². The van der Waals surface area contributed by atoms with E-state index in [0.29, 0.717) is 24.5 Å². The molecule has 0 spiro atoms. The molecule has 0 N–H and O–H groups in total. The number of amides is 1. The number of likely N-dealkylation sites (tertiary alicyclic amines) is 1. The summed E-state index contributed by atoms with van der Waals surface area (Å²) in [6.07, 6.45) is 3.58. The van der Waals surface area contributed by atoms with E-state index >= 15 is 0 Å². The number of pyridine rings is 1. The Balaban J connectivity index is 1.56. The van der Waals surface area contributed by atoms with Gasteiger partial charge in [0, 0.05) is 36.6 Å². The van der Waals surface area contributed by atoms with Crippen molar-refractivity contribution in [2.75, 3.05) is 20.2 Å². The molecule has 7 heteroatoms. The molecule has 1 aliphatic heterocycles. The van der Waals surface area contributed by atoms with Crippen molar-refractivity contribution in [1.29, 1.82) is 0 Å². The largest absolute Gasteiger partial charge is 0.496 e. The molecule has 7 nitrogen and oxygen atoms in total. The monoisotopic (exact) mass is 404 g/mol. The van der Waals surface area contributed by atoms with Crippen molar-refractivity contribution in [2.45, 2.75) is 25.3 Å². The summed E-state index contributed by atoms with van der Waals surface area (Å²) in [4.78, 5) is 31.4. The molecule has 30 heavy (non-hydrogen) atoms. The normalized spacial score (nSPS) is 16.3. The number of carbonyl (C=O) groups excluding carboxylic acids is 1. The van der Waals surface area contributed by atoms with Crippen LogP contribution in [-0.2, 0) is 11.2 Å². The van der Waals surface area contributed by atoms with Crippen LogP contribution in [0.25, 0.3) is 11.3 Å². The molecule has 1 atom stereocenters. The molecule has 0 unspecified atom stereocenters. The zero-order valence-electron chi connectivity index (χ0n) is 16.9. The first kappa shape index (κ1) is 19.8. The van der Waals surface area contributed by atoms with Gasteiger partial charge in [-0.1, -0.05) is 18.2 Å². The maximum Gasteiger partial charge on any atom is 0.267 e. The predicted molar refractivity (Wildman–Crippen MR) is 113 cm³/mol. The lowest BCUT2D eigenvalue weighted by Gasteiger charge is -2.33. The van der Waals surface area contributed by atoms with Crippen LogP contribution in [0, 0.1) is 0 Å². The third-order valence-corrected chi connectivity index (χ3v) is 5.36. The van der Waals surface area contributed by atoms with Crippen molar-refractivity contribution in [3.8, 4) is 17.0 Å². The van der Waals surface area contributed by atoms with E-state index < -0.39 is 0 Å². The molecular formula is C23H24N4O3. The Bertz CT molecular complexity index is 1080. The van der Waals surface area contributed by atoms with Crippen molar-refractivity contribution < 1.29 is 9.53 Å². The summed E-state index contributed by atoms with van der Waals surface area (Å²) in [5, 5.41) is 4.63. The average Bonchev–Trinajstić information content (AvgIpc) is 2.80. The Morgan fingerprint density at radius 2 is 1.97 bits per heavy atom. The summed E-state index contributed by atoms with van der Waals surface area (Å²) in [6.45, 7) is 1.15. The van der Waals surface area contributed by atoms with Crippen LogP contribution >= 0.6 is 0 Å². The van der Waals surface area contributed by atoms with Crippen LogP contribution in [0.5, 0.6) is 5.75 Å². The molecule has 4 rings (SSSR count). The van der Waals surface area contributed by atoms with E-state index in [4.69, 9.17) is 4.74 Å². The minimum Gasteiger partial charge on any atom is -0.496 e. The molecule has 1 fully saturated rings. The maximum absolute atomic E-state index is 12.8. The number of ether oxygens (including phenoxy) is 1. The molecule has 1 amide bonds. The molecule has 2 aromatic heterocycles. The number of piperidine rings is 1. The van der Waals surface area contributed by atoms with E-state index in [1.807, 2.05) is 47.4 Å². The van der Waals surface area contributed by atoms with Crippen molar-refractivity contribution in [3.05, 3.63) is 76.8 Å². The molecule has 3 aromatic rings. The topological polar surface area (TPSA) is 77.3 Å². The fourth-order valence-corrected chi connectivity index (χ4v) is 3.84. The molecule has 0 bridgehead atoms. The standard InChI is InChI=1S/C23H24N4O3/c1-30-21-10-3-2-9-19(21)20-11-12-22(28)27(25-20)18-8-6-14-26(16-18)23(29)15-17-7-4-5-13-24-17/h2-5,7,9-13,18H,6,8,14-16H2,1H3/t18-/m1/s1. The quantitative estimate of drug-likeness (QED) is 0.653. The zero-order valence-corrected chi connectivity index (χ0v) is 16.9. The zero-order chi connectivity index (χ0) is 20.9. The number of methoxy groups -OCH3 is 1. The highest BCUT2D eigenvalue weighted by Crippen LogP contribution is 2.28. The molecule has 1 saturated heterocycles. The number of benzene rings is 1. The van der Waals surface area contributed by atoms with Gasteiger partial charge in [-0.05, 0) is 43.2 Å². The number of nitrogens with zero attached hydrogens (tertiary/aromatic N) is 4. The average molecular weight is 404 g/mol. The van der Waals surface area contributed by atoms with Gasteiger partial charge in [0.2, 0.25) is 5.91 Å². The Kier molecular flexibility index (Phi) is 5.88. The number of carbonyl (C=O) groups is 1. The lowest BCUT2D eigenvalue weighted by atomic mass is 10.0. The third kappa shape index (κ3) is 4.25. The lowest BCUT2D eigenvalue weighted by molar-refractivity contribution is -0.132. The van der Waals surface area contributed by atoms with Gasteiger partial charge < -0.3 is 9.64 Å². The number of hydrogen-bond donors (Lipinski definition) is 0. The van der Waals surface area contributed by atoms with Crippen molar-refractivity contribution in [2.24, 2.45) is 0 Å². The van der Waals surface area contributed by atoms with Crippen LogP contribution in [0.15, 0.2) is 65.6 Å². The molecule has 0 radical (unpaired) electrons. The molecule has 1 aromatic carbocycles. The van der Waals surface area contributed by atoms with Gasteiger partial charge in [-0.2, -0.15) is 5.10 Å². The Hall–Kier alpha value is -3.48. The predicted octanol–water partition coefficient (Wildman–Crippen LogP) is 2.72. The number of rotatable bonds is 5. The summed E-state index contributed by atoms with van der Waals surface area (Å²) in [5.41, 5.74) is 2.08. The van der Waals surface area contributed by atoms with Crippen molar-refractivity contribution in [1.82, 2.24) is 19.7 Å². The van der Waals surface area contributed by atoms with Crippen molar-refractivity contribution >= 4 is 5.91 Å². The fourth-order valence-electron chi connectivity index (χ4n) is 3.84. The van der Waals surface area contributed by atoms with Gasteiger partial charge >= 0.3 is 0 Å². The van der Waals surface area contributed by atoms with Crippen LogP contribution in [0.2, 0.25) is 0 Å². The molecule has 1 aliphatic rings. The van der Waals surface area contributed by atoms with Gasteiger partial charge in [-0.15, -0.1) is 0 Å². The minimum atomic E-state index is -0.169. The highest BCUT2D eigenvalue weighted by molar-refractivity contribution is 5.78. The minimum absolute atomic E-state index is 0.0207. The Labute approximate surface area is 174 Å². The Morgan fingerprint density at radius 3 is 2.77 bits per heavy atom. The first-order chi connectivity index (χ1) is 14.7. The Morgan fingerprint density at radius 1 is 1.13 bits per heavy atom. The van der Waals surface area contributed by atoms with Gasteiger partial charge in [0.05, 0.1) is 25.3 Å². The molecule has 0 aliphatic carbocycles. The van der Waals surface area contributed by atoms with Gasteiger partial charge in [-0.25, -0.2) is 4.68 Å². The van der Waals surface area contributed by atoms with Crippen molar-refractivity contribution in [3.63, 3.8) is 0 Å². The van der Waals surface area contributed by atoms with E-state index in [2.05, 4.69) is 10.1 Å². The first-order valence-corrected chi connectivity index (χ1v) is 10.1. The van der Waals surface area contributed by atoms with Gasteiger partial charge in [0.1, 0.15) is 5.75 Å². The van der Waals surface area contributed by atoms with E-state index in [1.54, 1.807) is 19.4 Å². The molecular weight excluding hydrogens is 380 g/mol. The number of hydrogen-bond acceptors (Lipinski definition) is 5. The van der Waals surface area contributed by atoms with Gasteiger partial charge in [0.15, 0.2) is 0 Å². The van der Waals surface area contributed by atoms with E-state index in [1.165, 1.54) is 10.7 Å². The molecule has 3 heterocycles. The summed E-state index contributed by atoms with van der Waals surface area (Å²) in [5.74, 6) is 0.721. The molecule has 0 saturated carbocycles. The highest BCUT2D eigenvalue weighted by atomic mass is 16.5. The van der Waals surface area contributed by atoms with Gasteiger partial charge in [-0.3, -0.25) is 14.6 Å². The van der Waals surface area contributed by atoms with E-state index in [9.17, 15) is 9.59 Å². The SMILES string of the molecule is COc1ccccc1-c1ccc(=O)n([C@@H]2CCCN(C(=O)Cc3ccccn3)C2)n1. The third-order valence-electron chi connectivity index (χ3n) is 5.36. The maximum atomic E-state index is 12.8. The second-order valence-electron chi connectivity index (χ2n) is 7.34. The second-order valence-corrected chi connectivity index (χ2v) is 7.34. The molecule has 154 valence electrons. The first-order valence-electron chi connectivity index (χ1n) is 10.1. The van der Waals surface area contributed by atoms with Crippen LogP contribution in [-0.4, -0.2) is 45.8 Å². The van der Waals surface area contributed by atoms with Crippen LogP contribution in [0.3, 0.4) is 0 Å². The highest BCUT2D eigenvalue weighted by Gasteiger charge is 2.26. The van der Waals surface area contributed by atoms with Crippen LogP contribution in [0.4, 0.5) is 0 Å². The second kappa shape index (κ2) is 8.90. The fraction of sp³-hybridized carbons (Fsp3) is 0.304. The van der Waals surface area contributed by atoms with Gasteiger partial charge in [0.25, 0.3) is 5.56 Å². The van der Waals surface area contributed by atoms with Crippen LogP contribution < -0.4 is 10.3 Å². The lowest BCUT2D eigenvalue weighted by Crippen LogP contribution is -2.44. The summed E-state index contributed by atoms with van der Waals surface area (Å²) in [7, 11) is 1.61. The number of para-hydroxylation sites is 1. The summed E-state index contributed by atoms with van der Waals surface area (Å²) in [6, 6.07) is 16.2. The van der Waals surface area contributed by atoms with E-state index in [0.717, 1.165) is 24.1 Å². The summed E-state index contributed by atoms with van der Waals surface area (Å²) < 4.78 is 6.95. The number of aromatic nitrogens is 3. The van der Waals surface area contributed by atoms with E-state index in [-0.39, 0.29) is 23.9 Å². The summed E-state index contributed by atoms with van der Waals surface area (Å²) >= 11 is 0. The smallest absolute Gasteiger partial charge is 0.267 e.